The summed E-state index contributed by atoms with van der Waals surface area (Å²) in [7, 11) is -2.28. The molecule has 3 N–H and O–H groups in total. The summed E-state index contributed by atoms with van der Waals surface area (Å²) in [6.07, 6.45) is -0.568. The maximum Gasteiger partial charge on any atom is 0.459 e. The summed E-state index contributed by atoms with van der Waals surface area (Å²) in [5.41, 5.74) is 8.44. The van der Waals surface area contributed by atoms with Gasteiger partial charge in [0.2, 0.25) is 0 Å². The van der Waals surface area contributed by atoms with E-state index < -0.39 is 13.9 Å². The first-order valence-electron chi connectivity index (χ1n) is 12.3. The molecule has 2 aromatic carbocycles. The highest BCUT2D eigenvalue weighted by Crippen LogP contribution is 2.46. The van der Waals surface area contributed by atoms with E-state index in [1.807, 2.05) is 49.6 Å². The van der Waals surface area contributed by atoms with Crippen molar-refractivity contribution in [3.63, 3.8) is 0 Å². The topological polar surface area (TPSA) is 123 Å². The van der Waals surface area contributed by atoms with Crippen LogP contribution in [0.3, 0.4) is 0 Å². The van der Waals surface area contributed by atoms with Crippen molar-refractivity contribution in [3.05, 3.63) is 59.4 Å². The Labute approximate surface area is 227 Å². The van der Waals surface area contributed by atoms with Gasteiger partial charge in [0.25, 0.3) is 0 Å². The normalized spacial score (nSPS) is 15.0. The Hall–Kier alpha value is -2.72. The molecule has 0 saturated carbocycles. The number of nitrogen functional groups attached to an aromatic ring is 1. The average molecular weight is 562 g/mol. The summed E-state index contributed by atoms with van der Waals surface area (Å²) in [5, 5.41) is 4.40. The van der Waals surface area contributed by atoms with Crippen LogP contribution in [0.25, 0.3) is 21.9 Å². The van der Waals surface area contributed by atoms with E-state index in [0.717, 1.165) is 16.4 Å². The molecule has 2 heterocycles. The van der Waals surface area contributed by atoms with E-state index in [4.69, 9.17) is 40.8 Å². The number of hydrogen-bond donors (Lipinski definition) is 2. The first-order valence-corrected chi connectivity index (χ1v) is 14.3. The lowest BCUT2D eigenvalue weighted by Gasteiger charge is -2.26. The van der Waals surface area contributed by atoms with Gasteiger partial charge in [0.05, 0.1) is 30.3 Å². The van der Waals surface area contributed by atoms with Crippen LogP contribution in [0.5, 0.6) is 5.75 Å². The maximum atomic E-state index is 14.0. The van der Waals surface area contributed by atoms with Crippen molar-refractivity contribution < 1.29 is 23.1 Å². The molecule has 0 fully saturated rings. The second-order valence-electron chi connectivity index (χ2n) is 8.93. The Balaban J connectivity index is 1.69. The molecule has 0 bridgehead atoms. The van der Waals surface area contributed by atoms with Gasteiger partial charge in [-0.25, -0.2) is 19.6 Å². The predicted molar refractivity (Wildman–Crippen MR) is 149 cm³/mol. The lowest BCUT2D eigenvalue weighted by molar-refractivity contribution is 0.120. The molecule has 38 heavy (non-hydrogen) atoms. The second kappa shape index (κ2) is 12.4. The van der Waals surface area contributed by atoms with E-state index in [-0.39, 0.29) is 12.6 Å². The third-order valence-electron chi connectivity index (χ3n) is 5.72. The highest BCUT2D eigenvalue weighted by Gasteiger charge is 2.32. The van der Waals surface area contributed by atoms with Gasteiger partial charge >= 0.3 is 7.75 Å². The SMILES string of the molecule is CCOCc1nc2c(N)nc3ccccc3c2n1C[C@@H](C)OP(=O)(N[C@@H](C)COC)Oc1ccc(Cl)cc1. The first kappa shape index (κ1) is 28.3. The number of imidazole rings is 1. The van der Waals surface area contributed by atoms with E-state index in [0.29, 0.717) is 47.7 Å². The quantitative estimate of drug-likeness (QED) is 0.201. The number of hydrogen-bond acceptors (Lipinski definition) is 8. The molecule has 0 aliphatic rings. The van der Waals surface area contributed by atoms with Gasteiger partial charge in [0.15, 0.2) is 5.82 Å². The lowest BCUT2D eigenvalue weighted by Crippen LogP contribution is -2.32. The molecule has 0 radical (unpaired) electrons. The molecular formula is C26H33ClN5O5P. The van der Waals surface area contributed by atoms with Crippen LogP contribution in [-0.2, 0) is 31.7 Å². The smallest absolute Gasteiger partial charge is 0.413 e. The number of halogens is 1. The van der Waals surface area contributed by atoms with Gasteiger partial charge in [-0.15, -0.1) is 0 Å². The standard InChI is InChI=1S/C26H33ClN5O5P/c1-5-35-16-23-30-24-25(21-8-6-7-9-22(21)29-26(24)28)32(23)14-18(3)36-38(33,31-17(2)15-34-4)37-20-12-10-19(27)11-13-20/h6-13,17-18H,5,14-16H2,1-4H3,(H2,28,29)(H,31,33)/t17-,18+,38?/m0/s1. The fourth-order valence-corrected chi connectivity index (χ4v) is 6.04. The van der Waals surface area contributed by atoms with Crippen molar-refractivity contribution in [2.75, 3.05) is 26.1 Å². The zero-order valence-electron chi connectivity index (χ0n) is 21.9. The number of methoxy groups -OCH3 is 1. The second-order valence-corrected chi connectivity index (χ2v) is 11.0. The van der Waals surface area contributed by atoms with Crippen molar-refractivity contribution in [3.8, 4) is 5.75 Å². The van der Waals surface area contributed by atoms with E-state index >= 15 is 0 Å². The summed E-state index contributed by atoms with van der Waals surface area (Å²) in [6.45, 7) is 6.99. The van der Waals surface area contributed by atoms with Crippen LogP contribution < -0.4 is 15.3 Å². The molecule has 0 amide bonds. The number of benzene rings is 2. The van der Waals surface area contributed by atoms with Crippen LogP contribution in [0.4, 0.5) is 5.82 Å². The van der Waals surface area contributed by atoms with Gasteiger partial charge in [-0.3, -0.25) is 4.52 Å². The van der Waals surface area contributed by atoms with E-state index in [1.54, 1.807) is 31.4 Å². The summed E-state index contributed by atoms with van der Waals surface area (Å²) in [4.78, 5) is 9.26. The summed E-state index contributed by atoms with van der Waals surface area (Å²) in [6, 6.07) is 14.0. The van der Waals surface area contributed by atoms with Crippen molar-refractivity contribution >= 4 is 47.1 Å². The monoisotopic (exact) mass is 561 g/mol. The summed E-state index contributed by atoms with van der Waals surface area (Å²) in [5.74, 6) is 1.35. The van der Waals surface area contributed by atoms with Crippen LogP contribution in [-0.4, -0.2) is 47.0 Å². The van der Waals surface area contributed by atoms with Crippen molar-refractivity contribution in [1.82, 2.24) is 19.6 Å². The molecule has 0 saturated heterocycles. The number of nitrogens with two attached hydrogens (primary N) is 1. The number of pyridine rings is 1. The van der Waals surface area contributed by atoms with Crippen LogP contribution in [0.2, 0.25) is 5.02 Å². The number of nitrogens with zero attached hydrogens (tertiary/aromatic N) is 3. The Morgan fingerprint density at radius 2 is 1.87 bits per heavy atom. The molecule has 10 nitrogen and oxygen atoms in total. The third kappa shape index (κ3) is 6.64. The fraction of sp³-hybridized carbons (Fsp3) is 0.385. The number of ether oxygens (including phenoxy) is 2. The fourth-order valence-electron chi connectivity index (χ4n) is 4.20. The van der Waals surface area contributed by atoms with Crippen LogP contribution in [0.1, 0.15) is 26.6 Å². The summed E-state index contributed by atoms with van der Waals surface area (Å²) < 4.78 is 38.8. The van der Waals surface area contributed by atoms with Crippen LogP contribution in [0.15, 0.2) is 48.5 Å². The number of anilines is 1. The molecule has 204 valence electrons. The molecule has 3 atom stereocenters. The zero-order valence-corrected chi connectivity index (χ0v) is 23.5. The minimum absolute atomic E-state index is 0.272. The third-order valence-corrected chi connectivity index (χ3v) is 7.82. The molecule has 4 aromatic rings. The number of fused-ring (bicyclic) bond motifs is 3. The Bertz CT molecular complexity index is 1430. The van der Waals surface area contributed by atoms with Crippen molar-refractivity contribution in [1.29, 1.82) is 0 Å². The molecule has 2 aromatic heterocycles. The minimum atomic E-state index is -3.85. The van der Waals surface area contributed by atoms with E-state index in [1.165, 1.54) is 0 Å². The van der Waals surface area contributed by atoms with Gasteiger partial charge in [-0.05, 0) is 51.1 Å². The van der Waals surface area contributed by atoms with Crippen molar-refractivity contribution in [2.24, 2.45) is 0 Å². The molecular weight excluding hydrogens is 529 g/mol. The van der Waals surface area contributed by atoms with Gasteiger partial charge in [-0.1, -0.05) is 29.8 Å². The van der Waals surface area contributed by atoms with Crippen LogP contribution in [0, 0.1) is 0 Å². The predicted octanol–water partition coefficient (Wildman–Crippen LogP) is 5.57. The highest BCUT2D eigenvalue weighted by molar-refractivity contribution is 7.52. The Kier molecular flexibility index (Phi) is 9.25. The molecule has 0 aliphatic carbocycles. The number of para-hydroxylation sites is 1. The molecule has 0 spiro atoms. The Morgan fingerprint density at radius 3 is 2.58 bits per heavy atom. The lowest BCUT2D eigenvalue weighted by atomic mass is 10.2. The first-order chi connectivity index (χ1) is 18.2. The largest absolute Gasteiger partial charge is 0.459 e. The minimum Gasteiger partial charge on any atom is -0.413 e. The Morgan fingerprint density at radius 1 is 1.13 bits per heavy atom. The summed E-state index contributed by atoms with van der Waals surface area (Å²) >= 11 is 6.00. The van der Waals surface area contributed by atoms with Gasteiger partial charge < -0.3 is 24.3 Å². The van der Waals surface area contributed by atoms with Gasteiger partial charge in [0.1, 0.15) is 23.7 Å². The number of rotatable bonds is 13. The molecule has 1 unspecified atom stereocenters. The number of nitrogens with one attached hydrogen (secondary N) is 1. The van der Waals surface area contributed by atoms with E-state index in [9.17, 15) is 4.57 Å². The van der Waals surface area contributed by atoms with Crippen LogP contribution >= 0.6 is 19.3 Å². The average Bonchev–Trinajstić information content (AvgIpc) is 3.22. The molecule has 4 rings (SSSR count). The number of aromatic nitrogens is 3. The maximum absolute atomic E-state index is 14.0. The van der Waals surface area contributed by atoms with E-state index in [2.05, 4.69) is 10.1 Å². The van der Waals surface area contributed by atoms with Gasteiger partial charge in [0, 0.05) is 30.2 Å². The molecule has 0 aliphatic heterocycles. The van der Waals surface area contributed by atoms with Gasteiger partial charge in [-0.2, -0.15) is 0 Å². The zero-order chi connectivity index (χ0) is 27.3. The molecule has 12 heteroatoms. The highest BCUT2D eigenvalue weighted by atomic mass is 35.5. The van der Waals surface area contributed by atoms with Crippen molar-refractivity contribution in [2.45, 2.75) is 46.1 Å².